The average Bonchev–Trinajstić information content (AvgIpc) is 2.40. The van der Waals surface area contributed by atoms with Crippen molar-refractivity contribution in [1.82, 2.24) is 4.90 Å². The Morgan fingerprint density at radius 3 is 2.33 bits per heavy atom. The van der Waals surface area contributed by atoms with Crippen molar-refractivity contribution < 1.29 is 19.4 Å². The molecule has 1 aromatic rings. The molecule has 1 amide bonds. The standard InChI is InChI=1S/C16H23NO4/c1-12-5-7-13(8-6-12)21-10-9-17(4)14(18)11-16(2,3)15(19)20/h5-8H,9-11H2,1-4H3,(H,19,20). The first-order chi connectivity index (χ1) is 9.72. The number of hydrogen-bond donors (Lipinski definition) is 1. The van der Waals surface area contributed by atoms with E-state index in [2.05, 4.69) is 0 Å². The van der Waals surface area contributed by atoms with Crippen LogP contribution in [0.1, 0.15) is 25.8 Å². The molecule has 5 heteroatoms. The highest BCUT2D eigenvalue weighted by Gasteiger charge is 2.31. The number of likely N-dealkylation sites (N-methyl/N-ethyl adjacent to an activating group) is 1. The summed E-state index contributed by atoms with van der Waals surface area (Å²) in [5, 5.41) is 9.02. The fraction of sp³-hybridized carbons (Fsp3) is 0.500. The summed E-state index contributed by atoms with van der Waals surface area (Å²) in [5.41, 5.74) is 0.105. The van der Waals surface area contributed by atoms with E-state index in [4.69, 9.17) is 9.84 Å². The number of amides is 1. The van der Waals surface area contributed by atoms with E-state index in [-0.39, 0.29) is 12.3 Å². The second-order valence-electron chi connectivity index (χ2n) is 5.84. The number of carbonyl (C=O) groups is 2. The van der Waals surface area contributed by atoms with Crippen LogP contribution in [0, 0.1) is 12.3 Å². The minimum Gasteiger partial charge on any atom is -0.492 e. The summed E-state index contributed by atoms with van der Waals surface area (Å²) >= 11 is 0. The lowest BCUT2D eigenvalue weighted by atomic mass is 9.89. The molecule has 0 unspecified atom stereocenters. The van der Waals surface area contributed by atoms with Gasteiger partial charge >= 0.3 is 5.97 Å². The number of ether oxygens (including phenoxy) is 1. The molecule has 0 radical (unpaired) electrons. The molecule has 0 heterocycles. The zero-order chi connectivity index (χ0) is 16.0. The maximum Gasteiger partial charge on any atom is 0.309 e. The van der Waals surface area contributed by atoms with Gasteiger partial charge in [-0.25, -0.2) is 0 Å². The van der Waals surface area contributed by atoms with E-state index in [9.17, 15) is 9.59 Å². The van der Waals surface area contributed by atoms with Crippen LogP contribution in [0.3, 0.4) is 0 Å². The van der Waals surface area contributed by atoms with Crippen molar-refractivity contribution in [2.24, 2.45) is 5.41 Å². The van der Waals surface area contributed by atoms with Crippen molar-refractivity contribution in [2.75, 3.05) is 20.2 Å². The number of benzene rings is 1. The number of carboxylic acid groups (broad SMARTS) is 1. The number of aliphatic carboxylic acids is 1. The monoisotopic (exact) mass is 293 g/mol. The van der Waals surface area contributed by atoms with Crippen molar-refractivity contribution in [3.05, 3.63) is 29.8 Å². The lowest BCUT2D eigenvalue weighted by Gasteiger charge is -2.23. The summed E-state index contributed by atoms with van der Waals surface area (Å²) in [4.78, 5) is 24.5. The van der Waals surface area contributed by atoms with Gasteiger partial charge in [0.1, 0.15) is 12.4 Å². The predicted octanol–water partition coefficient (Wildman–Crippen LogP) is 2.33. The van der Waals surface area contributed by atoms with Gasteiger partial charge in [-0.05, 0) is 32.9 Å². The minimum absolute atomic E-state index is 0.0244. The number of hydrogen-bond acceptors (Lipinski definition) is 3. The Bertz CT molecular complexity index is 494. The Balaban J connectivity index is 2.39. The van der Waals surface area contributed by atoms with Gasteiger partial charge in [0.25, 0.3) is 0 Å². The molecule has 0 aliphatic heterocycles. The van der Waals surface area contributed by atoms with Crippen molar-refractivity contribution in [3.63, 3.8) is 0 Å². The van der Waals surface area contributed by atoms with Gasteiger partial charge in [-0.1, -0.05) is 17.7 Å². The molecule has 21 heavy (non-hydrogen) atoms. The van der Waals surface area contributed by atoms with Crippen LogP contribution in [0.5, 0.6) is 5.75 Å². The predicted molar refractivity (Wildman–Crippen MR) is 80.3 cm³/mol. The molecule has 0 saturated carbocycles. The summed E-state index contributed by atoms with van der Waals surface area (Å²) < 4.78 is 5.55. The van der Waals surface area contributed by atoms with E-state index in [0.29, 0.717) is 13.2 Å². The fourth-order valence-electron chi connectivity index (χ4n) is 1.65. The van der Waals surface area contributed by atoms with Gasteiger partial charge in [0.05, 0.1) is 12.0 Å². The first kappa shape index (κ1) is 17.0. The van der Waals surface area contributed by atoms with Gasteiger partial charge in [0.15, 0.2) is 0 Å². The molecule has 0 atom stereocenters. The second kappa shape index (κ2) is 7.11. The SMILES string of the molecule is Cc1ccc(OCCN(C)C(=O)CC(C)(C)C(=O)O)cc1. The molecule has 5 nitrogen and oxygen atoms in total. The summed E-state index contributed by atoms with van der Waals surface area (Å²) in [6, 6.07) is 7.68. The average molecular weight is 293 g/mol. The molecule has 0 aliphatic rings. The van der Waals surface area contributed by atoms with Crippen LogP contribution in [-0.2, 0) is 9.59 Å². The molecule has 0 spiro atoms. The highest BCUT2D eigenvalue weighted by atomic mass is 16.5. The normalized spacial score (nSPS) is 11.0. The summed E-state index contributed by atoms with van der Waals surface area (Å²) in [6.07, 6.45) is -0.0244. The molecule has 0 aliphatic carbocycles. The van der Waals surface area contributed by atoms with E-state index >= 15 is 0 Å². The number of carbonyl (C=O) groups excluding carboxylic acids is 1. The van der Waals surface area contributed by atoms with Crippen LogP contribution in [0.4, 0.5) is 0 Å². The number of carboxylic acids is 1. The fourth-order valence-corrected chi connectivity index (χ4v) is 1.65. The van der Waals surface area contributed by atoms with E-state index in [1.165, 1.54) is 4.90 Å². The Morgan fingerprint density at radius 1 is 1.24 bits per heavy atom. The summed E-state index contributed by atoms with van der Waals surface area (Å²) in [5.74, 6) is -0.414. The lowest BCUT2D eigenvalue weighted by Crippen LogP contribution is -2.36. The van der Waals surface area contributed by atoms with E-state index in [1.807, 2.05) is 31.2 Å². The number of aryl methyl sites for hydroxylation is 1. The Kier molecular flexibility index (Phi) is 5.76. The van der Waals surface area contributed by atoms with Crippen LogP contribution < -0.4 is 4.74 Å². The van der Waals surface area contributed by atoms with E-state index in [1.54, 1.807) is 20.9 Å². The molecule has 0 saturated heterocycles. The molecule has 1 rings (SSSR count). The van der Waals surface area contributed by atoms with Crippen molar-refractivity contribution >= 4 is 11.9 Å². The molecule has 116 valence electrons. The third kappa shape index (κ3) is 5.45. The Morgan fingerprint density at radius 2 is 1.81 bits per heavy atom. The topological polar surface area (TPSA) is 66.8 Å². The summed E-state index contributed by atoms with van der Waals surface area (Å²) in [6.45, 7) is 5.88. The molecule has 0 fully saturated rings. The molecule has 0 aromatic heterocycles. The summed E-state index contributed by atoms with van der Waals surface area (Å²) in [7, 11) is 1.65. The van der Waals surface area contributed by atoms with Gasteiger partial charge in [-0.3, -0.25) is 9.59 Å². The van der Waals surface area contributed by atoms with Crippen LogP contribution in [0.15, 0.2) is 24.3 Å². The maximum atomic E-state index is 12.0. The quantitative estimate of drug-likeness (QED) is 0.838. The maximum absolute atomic E-state index is 12.0. The van der Waals surface area contributed by atoms with E-state index in [0.717, 1.165) is 11.3 Å². The van der Waals surface area contributed by atoms with Crippen molar-refractivity contribution in [2.45, 2.75) is 27.2 Å². The number of nitrogens with zero attached hydrogens (tertiary/aromatic N) is 1. The molecule has 1 aromatic carbocycles. The Labute approximate surface area is 125 Å². The van der Waals surface area contributed by atoms with Crippen LogP contribution in [0.25, 0.3) is 0 Å². The lowest BCUT2D eigenvalue weighted by molar-refractivity contribution is -0.151. The van der Waals surface area contributed by atoms with Crippen molar-refractivity contribution in [3.8, 4) is 5.75 Å². The van der Waals surface area contributed by atoms with Gasteiger partial charge < -0.3 is 14.7 Å². The smallest absolute Gasteiger partial charge is 0.309 e. The van der Waals surface area contributed by atoms with Crippen LogP contribution in [-0.4, -0.2) is 42.1 Å². The zero-order valence-electron chi connectivity index (χ0n) is 13.0. The Hall–Kier alpha value is -2.04. The van der Waals surface area contributed by atoms with Crippen molar-refractivity contribution in [1.29, 1.82) is 0 Å². The van der Waals surface area contributed by atoms with Gasteiger partial charge in [0.2, 0.25) is 5.91 Å². The van der Waals surface area contributed by atoms with Crippen LogP contribution in [0.2, 0.25) is 0 Å². The number of rotatable bonds is 7. The highest BCUT2D eigenvalue weighted by Crippen LogP contribution is 2.21. The zero-order valence-corrected chi connectivity index (χ0v) is 13.0. The van der Waals surface area contributed by atoms with Crippen LogP contribution >= 0.6 is 0 Å². The molecular formula is C16H23NO4. The first-order valence-corrected chi connectivity index (χ1v) is 6.89. The van der Waals surface area contributed by atoms with Gasteiger partial charge in [0, 0.05) is 13.5 Å². The molecular weight excluding hydrogens is 270 g/mol. The third-order valence-corrected chi connectivity index (χ3v) is 3.31. The first-order valence-electron chi connectivity index (χ1n) is 6.89. The van der Waals surface area contributed by atoms with Gasteiger partial charge in [-0.2, -0.15) is 0 Å². The minimum atomic E-state index is -1.05. The van der Waals surface area contributed by atoms with E-state index < -0.39 is 11.4 Å². The second-order valence-corrected chi connectivity index (χ2v) is 5.84. The molecule has 0 bridgehead atoms. The van der Waals surface area contributed by atoms with Gasteiger partial charge in [-0.15, -0.1) is 0 Å². The third-order valence-electron chi connectivity index (χ3n) is 3.31. The highest BCUT2D eigenvalue weighted by molar-refractivity contribution is 5.84. The largest absolute Gasteiger partial charge is 0.492 e. The molecule has 1 N–H and O–H groups in total.